The summed E-state index contributed by atoms with van der Waals surface area (Å²) in [6, 6.07) is 14.3. The van der Waals surface area contributed by atoms with E-state index in [-0.39, 0.29) is 23.6 Å². The Hall–Kier alpha value is -2.54. The van der Waals surface area contributed by atoms with Crippen LogP contribution in [-0.2, 0) is 16.7 Å². The first-order valence-electron chi connectivity index (χ1n) is 9.80. The SMILES string of the molecule is CCS(=O)(=O)Oc1cccc(CN(C(=O)Nc2ccc(C(C)C)cc2)C(C)C)c1. The maximum Gasteiger partial charge on any atom is 0.322 e. The van der Waals surface area contributed by atoms with Crippen molar-refractivity contribution in [2.75, 3.05) is 11.1 Å². The number of carbonyl (C=O) groups excluding carboxylic acids is 1. The van der Waals surface area contributed by atoms with Gasteiger partial charge in [-0.15, -0.1) is 0 Å². The maximum absolute atomic E-state index is 12.8. The van der Waals surface area contributed by atoms with Crippen molar-refractivity contribution in [1.82, 2.24) is 4.90 Å². The first kappa shape index (κ1) is 22.7. The highest BCUT2D eigenvalue weighted by molar-refractivity contribution is 7.87. The number of urea groups is 1. The first-order chi connectivity index (χ1) is 13.6. The monoisotopic (exact) mass is 418 g/mol. The van der Waals surface area contributed by atoms with Crippen molar-refractivity contribution >= 4 is 21.8 Å². The molecule has 2 rings (SSSR count). The van der Waals surface area contributed by atoms with Crippen molar-refractivity contribution < 1.29 is 17.4 Å². The van der Waals surface area contributed by atoms with Gasteiger partial charge in [-0.3, -0.25) is 0 Å². The summed E-state index contributed by atoms with van der Waals surface area (Å²) in [5.41, 5.74) is 2.73. The second kappa shape index (κ2) is 9.78. The summed E-state index contributed by atoms with van der Waals surface area (Å²) < 4.78 is 28.5. The molecule has 0 unspecified atom stereocenters. The van der Waals surface area contributed by atoms with Crippen molar-refractivity contribution in [3.8, 4) is 5.75 Å². The predicted octanol–water partition coefficient (Wildman–Crippen LogP) is 4.98. The molecule has 0 aromatic heterocycles. The number of amides is 2. The van der Waals surface area contributed by atoms with Gasteiger partial charge in [0.05, 0.1) is 5.75 Å². The minimum absolute atomic E-state index is 0.0473. The Kier molecular flexibility index (Phi) is 7.67. The van der Waals surface area contributed by atoms with E-state index in [1.165, 1.54) is 12.5 Å². The van der Waals surface area contributed by atoms with Gasteiger partial charge in [0.15, 0.2) is 0 Å². The van der Waals surface area contributed by atoms with Gasteiger partial charge in [-0.1, -0.05) is 38.1 Å². The van der Waals surface area contributed by atoms with Gasteiger partial charge in [-0.05, 0) is 62.1 Å². The van der Waals surface area contributed by atoms with Gasteiger partial charge in [-0.2, -0.15) is 8.42 Å². The highest BCUT2D eigenvalue weighted by Gasteiger charge is 2.18. The van der Waals surface area contributed by atoms with Gasteiger partial charge in [-0.25, -0.2) is 4.79 Å². The van der Waals surface area contributed by atoms with E-state index >= 15 is 0 Å². The molecule has 2 aromatic carbocycles. The number of carbonyl (C=O) groups is 1. The van der Waals surface area contributed by atoms with E-state index in [9.17, 15) is 13.2 Å². The van der Waals surface area contributed by atoms with Crippen molar-refractivity contribution in [3.05, 3.63) is 59.7 Å². The zero-order valence-electron chi connectivity index (χ0n) is 17.7. The molecule has 0 atom stereocenters. The zero-order chi connectivity index (χ0) is 21.6. The molecule has 0 heterocycles. The Balaban J connectivity index is 2.12. The van der Waals surface area contributed by atoms with Gasteiger partial charge in [0.2, 0.25) is 0 Å². The molecule has 0 radical (unpaired) electrons. The topological polar surface area (TPSA) is 75.7 Å². The Morgan fingerprint density at radius 3 is 2.28 bits per heavy atom. The van der Waals surface area contributed by atoms with E-state index in [1.54, 1.807) is 23.1 Å². The van der Waals surface area contributed by atoms with Gasteiger partial charge in [0.25, 0.3) is 0 Å². The molecule has 2 amide bonds. The van der Waals surface area contributed by atoms with Gasteiger partial charge in [0, 0.05) is 18.3 Å². The van der Waals surface area contributed by atoms with Crippen LogP contribution in [0.2, 0.25) is 0 Å². The summed E-state index contributed by atoms with van der Waals surface area (Å²) in [4.78, 5) is 14.5. The summed E-state index contributed by atoms with van der Waals surface area (Å²) in [5.74, 6) is 0.573. The van der Waals surface area contributed by atoms with Crippen molar-refractivity contribution in [3.63, 3.8) is 0 Å². The summed E-state index contributed by atoms with van der Waals surface area (Å²) in [6.45, 7) is 9.97. The largest absolute Gasteiger partial charge is 0.382 e. The summed E-state index contributed by atoms with van der Waals surface area (Å²) in [7, 11) is -3.59. The van der Waals surface area contributed by atoms with Gasteiger partial charge < -0.3 is 14.4 Å². The molecular formula is C22H30N2O4S. The summed E-state index contributed by atoms with van der Waals surface area (Å²) >= 11 is 0. The number of nitrogens with one attached hydrogen (secondary N) is 1. The average Bonchev–Trinajstić information content (AvgIpc) is 2.66. The summed E-state index contributed by atoms with van der Waals surface area (Å²) in [5, 5.41) is 2.93. The van der Waals surface area contributed by atoms with E-state index in [2.05, 4.69) is 19.2 Å². The number of hydrogen-bond donors (Lipinski definition) is 1. The van der Waals surface area contributed by atoms with E-state index < -0.39 is 10.1 Å². The van der Waals surface area contributed by atoms with Crippen molar-refractivity contribution in [1.29, 1.82) is 0 Å². The minimum atomic E-state index is -3.59. The molecule has 0 aliphatic carbocycles. The lowest BCUT2D eigenvalue weighted by Gasteiger charge is -2.27. The van der Waals surface area contributed by atoms with Crippen LogP contribution in [0.4, 0.5) is 10.5 Å². The molecule has 2 aromatic rings. The van der Waals surface area contributed by atoms with Crippen LogP contribution in [0, 0.1) is 0 Å². The Morgan fingerprint density at radius 2 is 1.72 bits per heavy atom. The molecule has 0 spiro atoms. The second-order valence-electron chi connectivity index (χ2n) is 7.51. The van der Waals surface area contributed by atoms with Crippen molar-refractivity contribution in [2.24, 2.45) is 0 Å². The number of hydrogen-bond acceptors (Lipinski definition) is 4. The second-order valence-corrected chi connectivity index (χ2v) is 9.36. The molecule has 0 saturated heterocycles. The number of benzene rings is 2. The normalized spacial score (nSPS) is 11.6. The molecule has 0 aliphatic rings. The first-order valence-corrected chi connectivity index (χ1v) is 11.4. The Bertz CT molecular complexity index is 922. The van der Waals surface area contributed by atoms with Crippen LogP contribution in [0.3, 0.4) is 0 Å². The molecule has 1 N–H and O–H groups in total. The third-order valence-electron chi connectivity index (χ3n) is 4.54. The number of rotatable bonds is 8. The lowest BCUT2D eigenvalue weighted by Crippen LogP contribution is -2.39. The zero-order valence-corrected chi connectivity index (χ0v) is 18.5. The quantitative estimate of drug-likeness (QED) is 0.614. The molecule has 29 heavy (non-hydrogen) atoms. The van der Waals surface area contributed by atoms with Crippen LogP contribution in [0.5, 0.6) is 5.75 Å². The van der Waals surface area contributed by atoms with Crippen LogP contribution in [0.15, 0.2) is 48.5 Å². The molecule has 0 aliphatic heterocycles. The minimum Gasteiger partial charge on any atom is -0.382 e. The summed E-state index contributed by atoms with van der Waals surface area (Å²) in [6.07, 6.45) is 0. The van der Waals surface area contributed by atoms with E-state index in [0.29, 0.717) is 12.5 Å². The fourth-order valence-corrected chi connectivity index (χ4v) is 3.25. The number of anilines is 1. The average molecular weight is 419 g/mol. The smallest absolute Gasteiger partial charge is 0.322 e. The van der Waals surface area contributed by atoms with Gasteiger partial charge in [0.1, 0.15) is 5.75 Å². The number of nitrogens with zero attached hydrogens (tertiary/aromatic N) is 1. The standard InChI is InChI=1S/C22H30N2O4S/c1-6-29(26,27)28-21-9-7-8-18(14-21)15-24(17(4)5)22(25)23-20-12-10-19(11-13-20)16(2)3/h7-14,16-17H,6,15H2,1-5H3,(H,23,25). The van der Waals surface area contributed by atoms with Crippen molar-refractivity contribution in [2.45, 2.75) is 53.1 Å². The van der Waals surface area contributed by atoms with Gasteiger partial charge >= 0.3 is 16.1 Å². The Morgan fingerprint density at radius 1 is 1.07 bits per heavy atom. The highest BCUT2D eigenvalue weighted by Crippen LogP contribution is 2.20. The Labute approximate surface area is 174 Å². The predicted molar refractivity (Wildman–Crippen MR) is 117 cm³/mol. The third-order valence-corrected chi connectivity index (χ3v) is 5.69. The molecule has 7 heteroatoms. The van der Waals surface area contributed by atoms with Crippen LogP contribution < -0.4 is 9.50 Å². The molecule has 0 fully saturated rings. The van der Waals surface area contributed by atoms with Crippen LogP contribution >= 0.6 is 0 Å². The lowest BCUT2D eigenvalue weighted by atomic mass is 10.0. The molecule has 0 saturated carbocycles. The maximum atomic E-state index is 12.8. The van der Waals surface area contributed by atoms with Crippen LogP contribution in [0.25, 0.3) is 0 Å². The van der Waals surface area contributed by atoms with Crippen LogP contribution in [-0.4, -0.2) is 31.1 Å². The highest BCUT2D eigenvalue weighted by atomic mass is 32.2. The molecule has 6 nitrogen and oxygen atoms in total. The van der Waals surface area contributed by atoms with E-state index in [0.717, 1.165) is 11.3 Å². The molecule has 0 bridgehead atoms. The molecule has 158 valence electrons. The lowest BCUT2D eigenvalue weighted by molar-refractivity contribution is 0.193. The third kappa shape index (κ3) is 6.78. The van der Waals surface area contributed by atoms with E-state index in [4.69, 9.17) is 4.18 Å². The van der Waals surface area contributed by atoms with Crippen LogP contribution in [0.1, 0.15) is 51.7 Å². The van der Waals surface area contributed by atoms with E-state index in [1.807, 2.05) is 44.2 Å². The fourth-order valence-electron chi connectivity index (χ4n) is 2.73. The molecular weight excluding hydrogens is 388 g/mol. The fraction of sp³-hybridized carbons (Fsp3) is 0.409.